The third-order valence-corrected chi connectivity index (χ3v) is 2.13. The molecule has 0 aliphatic heterocycles. The summed E-state index contributed by atoms with van der Waals surface area (Å²) in [7, 11) is -1.33. The van der Waals surface area contributed by atoms with Crippen molar-refractivity contribution in [2.75, 3.05) is 0 Å². The quantitative estimate of drug-likeness (QED) is 0.492. The topological polar surface area (TPSA) is 45.8 Å². The van der Waals surface area contributed by atoms with E-state index in [1.807, 2.05) is 0 Å². The molecule has 0 fully saturated rings. The number of nitrogens with zero attached hydrogens (tertiary/aromatic N) is 1. The maximum atomic E-state index is 10.6. The van der Waals surface area contributed by atoms with Gasteiger partial charge in [-0.3, -0.25) is 0 Å². The van der Waals surface area contributed by atoms with Gasteiger partial charge in [-0.15, -0.1) is 5.54 Å². The maximum Gasteiger partial charge on any atom is 0.344 e. The van der Waals surface area contributed by atoms with Gasteiger partial charge in [0.25, 0.3) is 0 Å². The summed E-state index contributed by atoms with van der Waals surface area (Å²) < 4.78 is 0. The lowest BCUT2D eigenvalue weighted by Gasteiger charge is -2.02. The fourth-order valence-corrected chi connectivity index (χ4v) is 1.19. The van der Waals surface area contributed by atoms with Gasteiger partial charge in [-0.1, -0.05) is 25.6 Å². The van der Waals surface area contributed by atoms with E-state index in [2.05, 4.69) is 41.1 Å². The van der Waals surface area contributed by atoms with Gasteiger partial charge in [0.2, 0.25) is 0 Å². The Balaban J connectivity index is 2.91. The molecule has 0 spiro atoms. The van der Waals surface area contributed by atoms with Gasteiger partial charge < -0.3 is 4.98 Å². The van der Waals surface area contributed by atoms with E-state index in [9.17, 15) is 4.79 Å². The summed E-state index contributed by atoms with van der Waals surface area (Å²) >= 11 is 0. The number of nitrogens with one attached hydrogen (secondary N) is 1. The molecule has 1 heterocycles. The van der Waals surface area contributed by atoms with Crippen molar-refractivity contribution in [1.29, 1.82) is 0 Å². The van der Waals surface area contributed by atoms with Crippen LogP contribution in [-0.4, -0.2) is 18.0 Å². The van der Waals surface area contributed by atoms with Crippen molar-refractivity contribution in [2.24, 2.45) is 0 Å². The minimum atomic E-state index is -1.33. The molecule has 1 aromatic heterocycles. The summed E-state index contributed by atoms with van der Waals surface area (Å²) in [6.07, 6.45) is 3.08. The van der Waals surface area contributed by atoms with Crippen LogP contribution in [0.2, 0.25) is 19.6 Å². The molecule has 0 bridgehead atoms. The molecule has 0 radical (unpaired) electrons. The molecule has 1 N–H and O–H groups in total. The summed E-state index contributed by atoms with van der Waals surface area (Å²) in [6.45, 7) is 6.50. The average molecular weight is 192 g/mol. The smallest absolute Gasteiger partial charge is 0.311 e. The third kappa shape index (κ3) is 3.72. The number of hydrogen-bond donors (Lipinski definition) is 1. The zero-order valence-corrected chi connectivity index (χ0v) is 9.01. The minimum Gasteiger partial charge on any atom is -0.311 e. The molecule has 13 heavy (non-hydrogen) atoms. The van der Waals surface area contributed by atoms with Gasteiger partial charge in [0.05, 0.1) is 5.56 Å². The highest BCUT2D eigenvalue weighted by Gasteiger charge is 2.07. The number of aromatic amines is 1. The van der Waals surface area contributed by atoms with Gasteiger partial charge in [-0.2, -0.15) is 0 Å². The van der Waals surface area contributed by atoms with Crippen LogP contribution in [0.4, 0.5) is 0 Å². The predicted molar refractivity (Wildman–Crippen MR) is 55.1 cm³/mol. The molecule has 3 nitrogen and oxygen atoms in total. The van der Waals surface area contributed by atoms with Crippen molar-refractivity contribution >= 4 is 8.07 Å². The largest absolute Gasteiger partial charge is 0.344 e. The van der Waals surface area contributed by atoms with Crippen molar-refractivity contribution in [3.63, 3.8) is 0 Å². The Bertz CT molecular complexity index is 386. The van der Waals surface area contributed by atoms with Crippen LogP contribution < -0.4 is 5.69 Å². The second-order valence-corrected chi connectivity index (χ2v) is 8.56. The van der Waals surface area contributed by atoms with E-state index in [4.69, 9.17) is 0 Å². The van der Waals surface area contributed by atoms with Crippen LogP contribution in [0, 0.1) is 11.5 Å². The lowest BCUT2D eigenvalue weighted by Crippen LogP contribution is -2.16. The third-order valence-electron chi connectivity index (χ3n) is 1.25. The summed E-state index contributed by atoms with van der Waals surface area (Å²) in [6, 6.07) is 0. The first-order valence-electron chi connectivity index (χ1n) is 4.05. The number of H-pyrrole nitrogens is 1. The van der Waals surface area contributed by atoms with Crippen LogP contribution in [0.3, 0.4) is 0 Å². The van der Waals surface area contributed by atoms with Gasteiger partial charge in [0.15, 0.2) is 0 Å². The van der Waals surface area contributed by atoms with Crippen LogP contribution in [-0.2, 0) is 0 Å². The number of hydrogen-bond acceptors (Lipinski definition) is 2. The van der Waals surface area contributed by atoms with Crippen molar-refractivity contribution in [3.05, 3.63) is 28.4 Å². The summed E-state index contributed by atoms with van der Waals surface area (Å²) in [4.78, 5) is 16.7. The Morgan fingerprint density at radius 2 is 2.15 bits per heavy atom. The van der Waals surface area contributed by atoms with Gasteiger partial charge in [-0.05, 0) is 0 Å². The van der Waals surface area contributed by atoms with Crippen molar-refractivity contribution in [2.45, 2.75) is 19.6 Å². The second kappa shape index (κ2) is 3.58. The molecule has 0 amide bonds. The molecule has 0 aliphatic carbocycles. The molecule has 1 rings (SSSR count). The molecular weight excluding hydrogens is 180 g/mol. The van der Waals surface area contributed by atoms with E-state index in [0.29, 0.717) is 0 Å². The molecule has 4 heteroatoms. The molecule has 0 aromatic carbocycles. The van der Waals surface area contributed by atoms with E-state index in [1.165, 1.54) is 6.20 Å². The molecule has 0 atom stereocenters. The van der Waals surface area contributed by atoms with E-state index in [0.717, 1.165) is 5.56 Å². The molecule has 0 aliphatic rings. The lowest BCUT2D eigenvalue weighted by atomic mass is 10.4. The zero-order chi connectivity index (χ0) is 9.90. The van der Waals surface area contributed by atoms with E-state index >= 15 is 0 Å². The Labute approximate surface area is 78.2 Å². The van der Waals surface area contributed by atoms with Crippen LogP contribution in [0.25, 0.3) is 0 Å². The van der Waals surface area contributed by atoms with Crippen LogP contribution in [0.5, 0.6) is 0 Å². The lowest BCUT2D eigenvalue weighted by molar-refractivity contribution is 1.07. The number of rotatable bonds is 0. The second-order valence-electron chi connectivity index (χ2n) is 3.81. The van der Waals surface area contributed by atoms with Gasteiger partial charge >= 0.3 is 5.69 Å². The molecular formula is C9H12N2OSi. The predicted octanol–water partition coefficient (Wildman–Crippen LogP) is 0.999. The van der Waals surface area contributed by atoms with Crippen LogP contribution in [0.15, 0.2) is 17.2 Å². The van der Waals surface area contributed by atoms with E-state index < -0.39 is 8.07 Å². The normalized spacial score (nSPS) is 10.4. The monoisotopic (exact) mass is 192 g/mol. The highest BCUT2D eigenvalue weighted by Crippen LogP contribution is 1.97. The minimum absolute atomic E-state index is 0.335. The fraction of sp³-hybridized carbons (Fsp3) is 0.333. The van der Waals surface area contributed by atoms with Crippen molar-refractivity contribution < 1.29 is 0 Å². The number of aromatic nitrogens is 2. The first kappa shape index (κ1) is 9.74. The Hall–Kier alpha value is -1.34. The fourth-order valence-electron chi connectivity index (χ4n) is 0.670. The molecule has 1 aromatic rings. The Morgan fingerprint density at radius 3 is 2.62 bits per heavy atom. The van der Waals surface area contributed by atoms with Crippen molar-refractivity contribution in [3.8, 4) is 11.5 Å². The van der Waals surface area contributed by atoms with Crippen LogP contribution >= 0.6 is 0 Å². The molecule has 0 saturated carbocycles. The van der Waals surface area contributed by atoms with Crippen LogP contribution in [0.1, 0.15) is 5.56 Å². The average Bonchev–Trinajstić information content (AvgIpc) is 2.02. The zero-order valence-electron chi connectivity index (χ0n) is 8.01. The highest BCUT2D eigenvalue weighted by molar-refractivity contribution is 6.83. The Kier molecular flexibility index (Phi) is 2.68. The highest BCUT2D eigenvalue weighted by atomic mass is 28.3. The summed E-state index contributed by atoms with van der Waals surface area (Å²) in [5.74, 6) is 2.99. The van der Waals surface area contributed by atoms with E-state index in [1.54, 1.807) is 6.20 Å². The molecule has 0 saturated heterocycles. The standard InChI is InChI=1S/C9H12N2OSi/c1-13(2,3)5-4-8-6-10-9(12)11-7-8/h6-7H,1-3H3,(H,10,11,12). The molecule has 68 valence electrons. The SMILES string of the molecule is C[Si](C)(C)C#Cc1cnc(=O)[nH]c1. The first-order valence-corrected chi connectivity index (χ1v) is 7.55. The molecule has 0 unspecified atom stereocenters. The van der Waals surface area contributed by atoms with Gasteiger partial charge in [0, 0.05) is 12.4 Å². The van der Waals surface area contributed by atoms with E-state index in [-0.39, 0.29) is 5.69 Å². The van der Waals surface area contributed by atoms with Gasteiger partial charge in [-0.25, -0.2) is 9.78 Å². The summed E-state index contributed by atoms with van der Waals surface area (Å²) in [5.41, 5.74) is 3.62. The van der Waals surface area contributed by atoms with Gasteiger partial charge in [0.1, 0.15) is 8.07 Å². The maximum absolute atomic E-state index is 10.6. The Morgan fingerprint density at radius 1 is 1.46 bits per heavy atom. The first-order chi connectivity index (χ1) is 5.97. The summed E-state index contributed by atoms with van der Waals surface area (Å²) in [5, 5.41) is 0. The van der Waals surface area contributed by atoms with Crippen molar-refractivity contribution in [1.82, 2.24) is 9.97 Å².